The van der Waals surface area contributed by atoms with E-state index >= 15 is 0 Å². The molecule has 0 N–H and O–H groups in total. The van der Waals surface area contributed by atoms with Gasteiger partial charge in [0.25, 0.3) is 5.16 Å². The average molecular weight is 330 g/mol. The number of hydrogen-bond donors (Lipinski definition) is 1. The molecule has 0 amide bonds. The van der Waals surface area contributed by atoms with Crippen molar-refractivity contribution in [2.45, 2.75) is 5.16 Å². The molecule has 0 bridgehead atoms. The first kappa shape index (κ1) is 14.7. The van der Waals surface area contributed by atoms with Crippen LogP contribution in [0.15, 0.2) is 96.2 Å². The lowest BCUT2D eigenvalue weighted by atomic mass is 10.2. The minimum absolute atomic E-state index is 0.643. The number of hydrogen-bond acceptors (Lipinski definition) is 2. The van der Waals surface area contributed by atoms with Crippen LogP contribution >= 0.6 is 12.6 Å². The van der Waals surface area contributed by atoms with Gasteiger partial charge in [0.15, 0.2) is 5.69 Å². The van der Waals surface area contributed by atoms with Crippen LogP contribution in [0.3, 0.4) is 0 Å². The Labute approximate surface area is 146 Å². The normalized spacial score (nSPS) is 10.7. The molecule has 116 valence electrons. The molecule has 0 atom stereocenters. The van der Waals surface area contributed by atoms with Crippen LogP contribution in [0.5, 0.6) is 0 Å². The minimum atomic E-state index is 0.643. The monoisotopic (exact) mass is 330 g/mol. The molecule has 0 radical (unpaired) electrons. The molecule has 4 aromatic rings. The molecule has 0 saturated heterocycles. The van der Waals surface area contributed by atoms with Gasteiger partial charge in [0.05, 0.1) is 5.56 Å². The number of rotatable bonds is 3. The molecule has 0 aliphatic heterocycles. The summed E-state index contributed by atoms with van der Waals surface area (Å²) in [5.41, 5.74) is 3.11. The van der Waals surface area contributed by atoms with Crippen molar-refractivity contribution in [2.24, 2.45) is 0 Å². The van der Waals surface area contributed by atoms with Gasteiger partial charge in [-0.15, -0.1) is 0 Å². The van der Waals surface area contributed by atoms with Gasteiger partial charge >= 0.3 is 5.82 Å². The highest BCUT2D eigenvalue weighted by Gasteiger charge is 2.27. The molecule has 4 rings (SSSR count). The topological polar surface area (TPSA) is 21.7 Å². The highest BCUT2D eigenvalue weighted by Crippen LogP contribution is 2.24. The van der Waals surface area contributed by atoms with Crippen molar-refractivity contribution in [3.63, 3.8) is 0 Å². The van der Waals surface area contributed by atoms with Crippen molar-refractivity contribution in [1.82, 2.24) is 9.67 Å². The van der Waals surface area contributed by atoms with E-state index in [1.54, 1.807) is 0 Å². The third-order valence-electron chi connectivity index (χ3n) is 3.85. The summed E-state index contributed by atoms with van der Waals surface area (Å²) in [6.07, 6.45) is 0. The third kappa shape index (κ3) is 2.61. The second-order valence-corrected chi connectivity index (χ2v) is 5.81. The van der Waals surface area contributed by atoms with E-state index in [0.717, 1.165) is 22.8 Å². The van der Waals surface area contributed by atoms with Gasteiger partial charge in [0.1, 0.15) is 5.69 Å². The second kappa shape index (κ2) is 6.34. The fourth-order valence-corrected chi connectivity index (χ4v) is 3.07. The van der Waals surface area contributed by atoms with Crippen LogP contribution in [0.2, 0.25) is 0 Å². The van der Waals surface area contributed by atoms with Crippen LogP contribution in [0.25, 0.3) is 22.8 Å². The zero-order chi connectivity index (χ0) is 16.4. The second-order valence-electron chi connectivity index (χ2n) is 5.41. The molecule has 0 saturated carbocycles. The number of benzene rings is 3. The van der Waals surface area contributed by atoms with E-state index in [4.69, 9.17) is 0 Å². The van der Waals surface area contributed by atoms with Crippen molar-refractivity contribution < 1.29 is 4.68 Å². The van der Waals surface area contributed by atoms with Gasteiger partial charge in [0.2, 0.25) is 0 Å². The highest BCUT2D eigenvalue weighted by molar-refractivity contribution is 7.80. The standard InChI is InChI=1S/C20H15N3S/c24-20-21-23(18-14-8-3-9-15-18)19(16-10-4-1-5-11-16)22(20)17-12-6-2-7-13-17/h1-15H/p+1. The molecule has 0 fully saturated rings. The van der Waals surface area contributed by atoms with E-state index in [1.807, 2.05) is 71.4 Å². The maximum absolute atomic E-state index is 4.68. The van der Waals surface area contributed by atoms with E-state index in [0.29, 0.717) is 5.16 Å². The summed E-state index contributed by atoms with van der Waals surface area (Å²) in [5.74, 6) is 0.970. The van der Waals surface area contributed by atoms with Crippen molar-refractivity contribution in [3.05, 3.63) is 91.0 Å². The molecule has 0 aliphatic carbocycles. The number of thiol groups is 1. The highest BCUT2D eigenvalue weighted by atomic mass is 32.1. The molecule has 24 heavy (non-hydrogen) atoms. The summed E-state index contributed by atoms with van der Waals surface area (Å²) in [6, 6.07) is 30.5. The Balaban J connectivity index is 2.03. The summed E-state index contributed by atoms with van der Waals surface area (Å²) in [5, 5.41) is 5.32. The van der Waals surface area contributed by atoms with Crippen LogP contribution in [-0.4, -0.2) is 9.67 Å². The predicted molar refractivity (Wildman–Crippen MR) is 97.8 cm³/mol. The van der Waals surface area contributed by atoms with Crippen LogP contribution in [0.1, 0.15) is 0 Å². The molecule has 0 spiro atoms. The van der Waals surface area contributed by atoms with Crippen molar-refractivity contribution in [1.29, 1.82) is 0 Å². The fraction of sp³-hybridized carbons (Fsp3) is 0. The minimum Gasteiger partial charge on any atom is -0.165 e. The van der Waals surface area contributed by atoms with Crippen LogP contribution in [0.4, 0.5) is 0 Å². The van der Waals surface area contributed by atoms with Crippen LogP contribution < -0.4 is 4.68 Å². The summed E-state index contributed by atoms with van der Waals surface area (Å²) >= 11 is 4.63. The Bertz CT molecular complexity index is 948. The van der Waals surface area contributed by atoms with Gasteiger partial charge in [0, 0.05) is 0 Å². The molecule has 1 aromatic heterocycles. The quantitative estimate of drug-likeness (QED) is 0.443. The Morgan fingerprint density at radius 1 is 0.708 bits per heavy atom. The molecule has 0 aliphatic rings. The van der Waals surface area contributed by atoms with Gasteiger partial charge < -0.3 is 0 Å². The molecular weight excluding hydrogens is 314 g/mol. The third-order valence-corrected chi connectivity index (χ3v) is 4.14. The molecule has 3 nitrogen and oxygen atoms in total. The first-order valence-electron chi connectivity index (χ1n) is 7.75. The number of aromatic nitrogens is 3. The molecule has 0 unspecified atom stereocenters. The Morgan fingerprint density at radius 3 is 1.88 bits per heavy atom. The maximum atomic E-state index is 4.68. The smallest absolute Gasteiger partial charge is 0.165 e. The zero-order valence-electron chi connectivity index (χ0n) is 12.9. The van der Waals surface area contributed by atoms with Gasteiger partial charge in [-0.1, -0.05) is 71.9 Å². The summed E-state index contributed by atoms with van der Waals surface area (Å²) in [7, 11) is 0. The molecule has 1 heterocycles. The first-order valence-corrected chi connectivity index (χ1v) is 8.19. The van der Waals surface area contributed by atoms with Gasteiger partial charge in [-0.3, -0.25) is 0 Å². The number of nitrogens with zero attached hydrogens (tertiary/aromatic N) is 3. The summed E-state index contributed by atoms with van der Waals surface area (Å²) in [6.45, 7) is 0. The Hall–Kier alpha value is -2.85. The van der Waals surface area contributed by atoms with E-state index in [-0.39, 0.29) is 0 Å². The van der Waals surface area contributed by atoms with Crippen molar-refractivity contribution >= 4 is 12.6 Å². The zero-order valence-corrected chi connectivity index (χ0v) is 13.8. The molecule has 4 heteroatoms. The lowest BCUT2D eigenvalue weighted by molar-refractivity contribution is -0.648. The largest absolute Gasteiger partial charge is 0.322 e. The van der Waals surface area contributed by atoms with E-state index < -0.39 is 0 Å². The first-order chi connectivity index (χ1) is 11.8. The summed E-state index contributed by atoms with van der Waals surface area (Å²) < 4.78 is 4.00. The Kier molecular flexibility index (Phi) is 3.89. The average Bonchev–Trinajstić information content (AvgIpc) is 3.01. The molecular formula is C20H16N3S+. The SMILES string of the molecule is Sc1n[n+](-c2ccccc2)c(-c2ccccc2)n1-c1ccccc1. The van der Waals surface area contributed by atoms with E-state index in [9.17, 15) is 0 Å². The predicted octanol–water partition coefficient (Wildman–Crippen LogP) is 4.10. The van der Waals surface area contributed by atoms with Gasteiger partial charge in [-0.05, 0) is 41.5 Å². The van der Waals surface area contributed by atoms with Crippen LogP contribution in [-0.2, 0) is 0 Å². The summed E-state index contributed by atoms with van der Waals surface area (Å²) in [4.78, 5) is 0. The lowest BCUT2D eigenvalue weighted by Gasteiger charge is -2.03. The Morgan fingerprint density at radius 2 is 1.25 bits per heavy atom. The van der Waals surface area contributed by atoms with Gasteiger partial charge in [-0.2, -0.15) is 4.57 Å². The maximum Gasteiger partial charge on any atom is 0.322 e. The van der Waals surface area contributed by atoms with Crippen molar-refractivity contribution in [3.8, 4) is 22.8 Å². The van der Waals surface area contributed by atoms with Crippen molar-refractivity contribution in [2.75, 3.05) is 0 Å². The lowest BCUT2D eigenvalue weighted by Crippen LogP contribution is -2.35. The van der Waals surface area contributed by atoms with E-state index in [2.05, 4.69) is 46.6 Å². The van der Waals surface area contributed by atoms with E-state index in [1.165, 1.54) is 0 Å². The number of para-hydroxylation sites is 2. The van der Waals surface area contributed by atoms with Gasteiger partial charge in [-0.25, -0.2) is 0 Å². The molecule has 3 aromatic carbocycles. The van der Waals surface area contributed by atoms with Crippen LogP contribution in [0, 0.1) is 0 Å². The fourth-order valence-electron chi connectivity index (χ4n) is 2.77.